The summed E-state index contributed by atoms with van der Waals surface area (Å²) in [5, 5.41) is 24.1. The summed E-state index contributed by atoms with van der Waals surface area (Å²) < 4.78 is 46.6. The van der Waals surface area contributed by atoms with E-state index in [-0.39, 0.29) is 23.2 Å². The van der Waals surface area contributed by atoms with E-state index in [1.807, 2.05) is 0 Å². The summed E-state index contributed by atoms with van der Waals surface area (Å²) in [4.78, 5) is 16.6. The zero-order valence-corrected chi connectivity index (χ0v) is 17.1. The van der Waals surface area contributed by atoms with E-state index >= 15 is 0 Å². The normalized spacial score (nSPS) is 31.3. The van der Waals surface area contributed by atoms with Crippen molar-refractivity contribution in [3.8, 4) is 5.75 Å². The molecule has 3 aliphatic rings. The Bertz CT molecular complexity index is 834. The minimum Gasteiger partial charge on any atom is -0.406 e. The van der Waals surface area contributed by atoms with Crippen LogP contribution in [0.1, 0.15) is 6.42 Å². The monoisotopic (exact) mass is 461 g/mol. The van der Waals surface area contributed by atoms with Crippen molar-refractivity contribution in [2.45, 2.75) is 37.1 Å². The lowest BCUT2D eigenvalue weighted by molar-refractivity contribution is -0.274. The number of nitrogens with one attached hydrogen (secondary N) is 1. The Kier molecular flexibility index (Phi) is 5.99. The molecule has 1 aromatic rings. The lowest BCUT2D eigenvalue weighted by Gasteiger charge is -2.43. The number of rotatable bonds is 3. The molecule has 2 saturated heterocycles. The standard InChI is InChI=1S/C19H22F3N3O5S/c20-19(21,22)30-11-3-1-10(2-4-11)25-15-12(17(28)24-5-7-29-8-6-24)9-13(26)16(27)14(15)23-18(25)31/h1-4,12-16,26-27H,5-9H2,(H,23,31)/t12-,13-,14-,15+,16+/m1/s1. The number of benzene rings is 1. The number of aliphatic hydroxyl groups excluding tert-OH is 2. The second-order valence-corrected chi connectivity index (χ2v) is 8.10. The van der Waals surface area contributed by atoms with Gasteiger partial charge < -0.3 is 34.8 Å². The van der Waals surface area contributed by atoms with Crippen molar-refractivity contribution in [2.24, 2.45) is 5.92 Å². The average Bonchev–Trinajstić information content (AvgIpc) is 3.07. The molecule has 1 amide bonds. The van der Waals surface area contributed by atoms with Gasteiger partial charge in [0.2, 0.25) is 5.91 Å². The first kappa shape index (κ1) is 22.1. The number of alkyl halides is 3. The minimum atomic E-state index is -4.81. The predicted molar refractivity (Wildman–Crippen MR) is 106 cm³/mol. The summed E-state index contributed by atoms with van der Waals surface area (Å²) in [6, 6.07) is 3.81. The van der Waals surface area contributed by atoms with Gasteiger partial charge in [-0.3, -0.25) is 4.79 Å². The molecule has 2 aliphatic heterocycles. The minimum absolute atomic E-state index is 0.0363. The molecule has 1 saturated carbocycles. The van der Waals surface area contributed by atoms with Gasteiger partial charge in [0.25, 0.3) is 0 Å². The van der Waals surface area contributed by atoms with Gasteiger partial charge in [-0.1, -0.05) is 0 Å². The van der Waals surface area contributed by atoms with Gasteiger partial charge in [-0.25, -0.2) is 0 Å². The molecule has 31 heavy (non-hydrogen) atoms. The number of ether oxygens (including phenoxy) is 2. The zero-order valence-electron chi connectivity index (χ0n) is 16.3. The Hall–Kier alpha value is -2.15. The van der Waals surface area contributed by atoms with E-state index in [4.69, 9.17) is 17.0 Å². The Labute approximate surface area is 181 Å². The molecule has 0 radical (unpaired) electrons. The van der Waals surface area contributed by atoms with Crippen LogP contribution in [0.5, 0.6) is 5.75 Å². The molecule has 1 aromatic carbocycles. The summed E-state index contributed by atoms with van der Waals surface area (Å²) in [6.45, 7) is 1.68. The number of morpholine rings is 1. The quantitative estimate of drug-likeness (QED) is 0.564. The first-order valence-corrected chi connectivity index (χ1v) is 10.2. The van der Waals surface area contributed by atoms with Crippen LogP contribution < -0.4 is 15.0 Å². The van der Waals surface area contributed by atoms with Crippen molar-refractivity contribution in [1.29, 1.82) is 0 Å². The molecular weight excluding hydrogens is 439 g/mol. The largest absolute Gasteiger partial charge is 0.573 e. The molecule has 8 nitrogen and oxygen atoms in total. The number of nitrogens with zero attached hydrogens (tertiary/aromatic N) is 2. The molecule has 5 atom stereocenters. The lowest BCUT2D eigenvalue weighted by Crippen LogP contribution is -2.61. The van der Waals surface area contributed by atoms with E-state index < -0.39 is 36.6 Å². The maximum Gasteiger partial charge on any atom is 0.573 e. The van der Waals surface area contributed by atoms with E-state index in [0.29, 0.717) is 32.0 Å². The van der Waals surface area contributed by atoms with Crippen LogP contribution in [-0.2, 0) is 9.53 Å². The van der Waals surface area contributed by atoms with E-state index in [1.165, 1.54) is 12.1 Å². The highest BCUT2D eigenvalue weighted by Crippen LogP contribution is 2.38. The average molecular weight is 461 g/mol. The Morgan fingerprint density at radius 2 is 1.84 bits per heavy atom. The van der Waals surface area contributed by atoms with Crippen molar-refractivity contribution in [3.63, 3.8) is 0 Å². The van der Waals surface area contributed by atoms with E-state index in [0.717, 1.165) is 12.1 Å². The number of hydrogen-bond donors (Lipinski definition) is 3. The van der Waals surface area contributed by atoms with Gasteiger partial charge >= 0.3 is 6.36 Å². The van der Waals surface area contributed by atoms with Gasteiger partial charge in [0, 0.05) is 18.8 Å². The van der Waals surface area contributed by atoms with Crippen LogP contribution in [0, 0.1) is 5.92 Å². The van der Waals surface area contributed by atoms with Gasteiger partial charge in [0.1, 0.15) is 11.9 Å². The number of amides is 1. The number of aliphatic hydroxyl groups is 2. The number of carbonyl (C=O) groups is 1. The zero-order chi connectivity index (χ0) is 22.3. The van der Waals surface area contributed by atoms with E-state index in [1.54, 1.807) is 9.80 Å². The number of hydrogen-bond acceptors (Lipinski definition) is 6. The summed E-state index contributed by atoms with van der Waals surface area (Å²) in [5.74, 6) is -1.25. The van der Waals surface area contributed by atoms with Crippen LogP contribution in [0.2, 0.25) is 0 Å². The molecule has 4 rings (SSSR count). The molecule has 170 valence electrons. The van der Waals surface area contributed by atoms with Crippen molar-refractivity contribution in [1.82, 2.24) is 10.2 Å². The maximum atomic E-state index is 13.3. The molecule has 0 spiro atoms. The molecule has 3 fully saturated rings. The van der Waals surface area contributed by atoms with E-state index in [2.05, 4.69) is 10.1 Å². The fourth-order valence-electron chi connectivity index (χ4n) is 4.45. The fraction of sp³-hybridized carbons (Fsp3) is 0.579. The highest BCUT2D eigenvalue weighted by molar-refractivity contribution is 7.80. The van der Waals surface area contributed by atoms with Gasteiger partial charge in [0.05, 0.1) is 37.3 Å². The third-order valence-electron chi connectivity index (χ3n) is 5.83. The predicted octanol–water partition coefficient (Wildman–Crippen LogP) is 0.617. The maximum absolute atomic E-state index is 13.3. The van der Waals surface area contributed by atoms with Crippen LogP contribution in [0.15, 0.2) is 24.3 Å². The highest BCUT2D eigenvalue weighted by atomic mass is 32.1. The van der Waals surface area contributed by atoms with Crippen molar-refractivity contribution < 1.29 is 37.7 Å². The summed E-state index contributed by atoms with van der Waals surface area (Å²) in [6.07, 6.45) is -7.05. The number of thiocarbonyl (C=S) groups is 1. The number of anilines is 1. The smallest absolute Gasteiger partial charge is 0.406 e. The summed E-state index contributed by atoms with van der Waals surface area (Å²) in [7, 11) is 0. The van der Waals surface area contributed by atoms with Crippen molar-refractivity contribution >= 4 is 28.9 Å². The van der Waals surface area contributed by atoms with Crippen molar-refractivity contribution in [3.05, 3.63) is 24.3 Å². The molecule has 0 bridgehead atoms. The first-order valence-electron chi connectivity index (χ1n) is 9.84. The number of carbonyl (C=O) groups excluding carboxylic acids is 1. The van der Waals surface area contributed by atoms with Gasteiger partial charge in [-0.15, -0.1) is 13.2 Å². The second kappa shape index (κ2) is 8.41. The fourth-order valence-corrected chi connectivity index (χ4v) is 4.82. The van der Waals surface area contributed by atoms with Crippen LogP contribution in [-0.4, -0.2) is 83.1 Å². The molecule has 0 aromatic heterocycles. The SMILES string of the molecule is O=C([C@@H]1C[C@@H](O)[C@H](O)[C@@H]2NC(=S)N(c3ccc(OC(F)(F)F)cc3)[C@H]21)N1CCOCC1. The third kappa shape index (κ3) is 4.43. The Balaban J connectivity index is 1.63. The molecule has 2 heterocycles. The number of halogens is 3. The van der Waals surface area contributed by atoms with E-state index in [9.17, 15) is 28.2 Å². The van der Waals surface area contributed by atoms with Gasteiger partial charge in [-0.05, 0) is 42.9 Å². The Morgan fingerprint density at radius 3 is 2.45 bits per heavy atom. The van der Waals surface area contributed by atoms with Gasteiger partial charge in [0.15, 0.2) is 5.11 Å². The van der Waals surface area contributed by atoms with Crippen LogP contribution in [0.25, 0.3) is 0 Å². The number of fused-ring (bicyclic) bond motifs is 1. The second-order valence-electron chi connectivity index (χ2n) is 7.72. The first-order chi connectivity index (χ1) is 14.7. The molecule has 3 N–H and O–H groups in total. The van der Waals surface area contributed by atoms with Crippen LogP contribution in [0.3, 0.4) is 0 Å². The third-order valence-corrected chi connectivity index (χ3v) is 6.15. The Morgan fingerprint density at radius 1 is 1.19 bits per heavy atom. The van der Waals surface area contributed by atoms with Crippen LogP contribution in [0.4, 0.5) is 18.9 Å². The topological polar surface area (TPSA) is 94.5 Å². The molecule has 1 aliphatic carbocycles. The molecule has 0 unspecified atom stereocenters. The van der Waals surface area contributed by atoms with Gasteiger partial charge in [-0.2, -0.15) is 0 Å². The van der Waals surface area contributed by atoms with Crippen LogP contribution >= 0.6 is 12.2 Å². The lowest BCUT2D eigenvalue weighted by atomic mass is 9.77. The molecular formula is C19H22F3N3O5S. The highest BCUT2D eigenvalue weighted by Gasteiger charge is 2.54. The van der Waals surface area contributed by atoms with Crippen molar-refractivity contribution in [2.75, 3.05) is 31.2 Å². The summed E-state index contributed by atoms with van der Waals surface area (Å²) >= 11 is 5.41. The molecule has 12 heteroatoms. The summed E-state index contributed by atoms with van der Waals surface area (Å²) in [5.41, 5.74) is 0.447.